The van der Waals surface area contributed by atoms with Gasteiger partial charge in [0, 0.05) is 17.7 Å². The number of carbonyl (C=O) groups excluding carboxylic acids is 1. The van der Waals surface area contributed by atoms with E-state index in [2.05, 4.69) is 19.2 Å². The van der Waals surface area contributed by atoms with Crippen LogP contribution in [0.5, 0.6) is 0 Å². The number of hydrogen-bond donors (Lipinski definition) is 2. The molecule has 0 aliphatic carbocycles. The summed E-state index contributed by atoms with van der Waals surface area (Å²) in [6.07, 6.45) is 1.27. The van der Waals surface area contributed by atoms with Gasteiger partial charge in [0.25, 0.3) is 0 Å². The molecule has 2 atom stereocenters. The SMILES string of the molecule is CC(NC(=O)C(N)CCS(C)(=O)=O)C(C)(C)c1ccccc1.Cl. The van der Waals surface area contributed by atoms with Gasteiger partial charge < -0.3 is 11.1 Å². The molecule has 3 N–H and O–H groups in total. The quantitative estimate of drug-likeness (QED) is 0.771. The minimum Gasteiger partial charge on any atom is -0.351 e. The molecule has 0 saturated carbocycles. The Kier molecular flexibility index (Phi) is 8.24. The van der Waals surface area contributed by atoms with Crippen LogP contribution in [0.2, 0.25) is 0 Å². The molecule has 0 aromatic heterocycles. The lowest BCUT2D eigenvalue weighted by molar-refractivity contribution is -0.123. The summed E-state index contributed by atoms with van der Waals surface area (Å²) in [6, 6.07) is 8.96. The third-order valence-electron chi connectivity index (χ3n) is 4.10. The highest BCUT2D eigenvalue weighted by Crippen LogP contribution is 2.26. The summed E-state index contributed by atoms with van der Waals surface area (Å²) in [4.78, 5) is 12.1. The average molecular weight is 363 g/mol. The number of nitrogens with one attached hydrogen (secondary N) is 1. The highest BCUT2D eigenvalue weighted by molar-refractivity contribution is 7.90. The average Bonchev–Trinajstić information content (AvgIpc) is 2.44. The lowest BCUT2D eigenvalue weighted by atomic mass is 9.78. The van der Waals surface area contributed by atoms with Gasteiger partial charge in [-0.3, -0.25) is 4.79 Å². The van der Waals surface area contributed by atoms with Gasteiger partial charge in [-0.05, 0) is 18.9 Å². The smallest absolute Gasteiger partial charge is 0.237 e. The van der Waals surface area contributed by atoms with Gasteiger partial charge in [0.05, 0.1) is 11.8 Å². The predicted molar refractivity (Wildman–Crippen MR) is 96.6 cm³/mol. The Labute approximate surface area is 145 Å². The second-order valence-electron chi connectivity index (χ2n) is 6.34. The van der Waals surface area contributed by atoms with Crippen molar-refractivity contribution in [1.82, 2.24) is 5.32 Å². The highest BCUT2D eigenvalue weighted by Gasteiger charge is 2.30. The molecule has 5 nitrogen and oxygen atoms in total. The molecule has 0 bridgehead atoms. The molecular formula is C16H27ClN2O3S. The van der Waals surface area contributed by atoms with Crippen LogP contribution in [0.15, 0.2) is 30.3 Å². The van der Waals surface area contributed by atoms with Gasteiger partial charge in [-0.1, -0.05) is 44.2 Å². The predicted octanol–water partition coefficient (Wildman–Crippen LogP) is 1.65. The fourth-order valence-electron chi connectivity index (χ4n) is 2.09. The number of nitrogens with two attached hydrogens (primary N) is 1. The van der Waals surface area contributed by atoms with Crippen LogP contribution in [-0.4, -0.2) is 38.4 Å². The van der Waals surface area contributed by atoms with Gasteiger partial charge in [0.1, 0.15) is 9.84 Å². The largest absolute Gasteiger partial charge is 0.351 e. The molecule has 2 unspecified atom stereocenters. The standard InChI is InChI=1S/C16H26N2O3S.ClH/c1-12(16(2,3)13-8-6-5-7-9-13)18-15(19)14(17)10-11-22(4,20)21;/h5-9,12,14H,10-11,17H2,1-4H3,(H,18,19);1H. The Balaban J connectivity index is 0.00000484. The van der Waals surface area contributed by atoms with Crippen molar-refractivity contribution < 1.29 is 13.2 Å². The zero-order valence-electron chi connectivity index (χ0n) is 14.1. The maximum atomic E-state index is 12.1. The summed E-state index contributed by atoms with van der Waals surface area (Å²) < 4.78 is 22.3. The fourth-order valence-corrected chi connectivity index (χ4v) is 2.77. The summed E-state index contributed by atoms with van der Waals surface area (Å²) in [5.74, 6) is -0.405. The van der Waals surface area contributed by atoms with Gasteiger partial charge in [-0.2, -0.15) is 0 Å². The van der Waals surface area contributed by atoms with Crippen LogP contribution < -0.4 is 11.1 Å². The van der Waals surface area contributed by atoms with Gasteiger partial charge in [-0.15, -0.1) is 12.4 Å². The molecule has 1 aromatic carbocycles. The van der Waals surface area contributed by atoms with E-state index < -0.39 is 15.9 Å². The normalized spacial score (nSPS) is 14.5. The molecule has 1 amide bonds. The van der Waals surface area contributed by atoms with Crippen LogP contribution in [0.25, 0.3) is 0 Å². The van der Waals surface area contributed by atoms with Gasteiger partial charge in [0.2, 0.25) is 5.91 Å². The highest BCUT2D eigenvalue weighted by atomic mass is 35.5. The van der Waals surface area contributed by atoms with E-state index in [0.717, 1.165) is 11.8 Å². The molecular weight excluding hydrogens is 336 g/mol. The van der Waals surface area contributed by atoms with E-state index >= 15 is 0 Å². The Hall–Kier alpha value is -1.11. The van der Waals surface area contributed by atoms with Crippen LogP contribution in [-0.2, 0) is 20.0 Å². The van der Waals surface area contributed by atoms with Crippen molar-refractivity contribution in [2.24, 2.45) is 5.73 Å². The first-order valence-corrected chi connectivity index (χ1v) is 9.39. The van der Waals surface area contributed by atoms with Crippen LogP contribution in [0.1, 0.15) is 32.8 Å². The summed E-state index contributed by atoms with van der Waals surface area (Å²) in [7, 11) is -3.11. The Morgan fingerprint density at radius 2 is 1.78 bits per heavy atom. The molecule has 0 aliphatic rings. The topological polar surface area (TPSA) is 89.3 Å². The number of amides is 1. The van der Waals surface area contributed by atoms with Crippen LogP contribution in [0.4, 0.5) is 0 Å². The third-order valence-corrected chi connectivity index (χ3v) is 5.07. The van der Waals surface area contributed by atoms with Gasteiger partial charge in [-0.25, -0.2) is 8.42 Å². The maximum Gasteiger partial charge on any atom is 0.237 e. The van der Waals surface area contributed by atoms with E-state index in [0.29, 0.717) is 0 Å². The molecule has 0 spiro atoms. The molecule has 1 aromatic rings. The van der Waals surface area contributed by atoms with Gasteiger partial charge in [0.15, 0.2) is 0 Å². The van der Waals surface area contributed by atoms with E-state index in [4.69, 9.17) is 5.73 Å². The number of carbonyl (C=O) groups is 1. The first-order chi connectivity index (χ1) is 10.0. The van der Waals surface area contributed by atoms with E-state index in [1.807, 2.05) is 37.3 Å². The fraction of sp³-hybridized carbons (Fsp3) is 0.562. The van der Waals surface area contributed by atoms with E-state index in [9.17, 15) is 13.2 Å². The molecule has 23 heavy (non-hydrogen) atoms. The summed E-state index contributed by atoms with van der Waals surface area (Å²) in [5.41, 5.74) is 6.64. The van der Waals surface area contributed by atoms with Crippen LogP contribution in [0.3, 0.4) is 0 Å². The zero-order chi connectivity index (χ0) is 17.0. The van der Waals surface area contributed by atoms with Crippen molar-refractivity contribution in [2.45, 2.75) is 44.7 Å². The van der Waals surface area contributed by atoms with Crippen molar-refractivity contribution in [2.75, 3.05) is 12.0 Å². The second kappa shape index (κ2) is 8.66. The molecule has 0 fully saturated rings. The number of benzene rings is 1. The van der Waals surface area contributed by atoms with Crippen LogP contribution >= 0.6 is 12.4 Å². The zero-order valence-corrected chi connectivity index (χ0v) is 15.7. The third kappa shape index (κ3) is 6.89. The number of sulfone groups is 1. The second-order valence-corrected chi connectivity index (χ2v) is 8.60. The Morgan fingerprint density at radius 1 is 1.26 bits per heavy atom. The molecule has 1 rings (SSSR count). The summed E-state index contributed by atoms with van der Waals surface area (Å²) in [6.45, 7) is 6.03. The molecule has 0 saturated heterocycles. The first-order valence-electron chi connectivity index (χ1n) is 7.33. The lowest BCUT2D eigenvalue weighted by Gasteiger charge is -2.33. The lowest BCUT2D eigenvalue weighted by Crippen LogP contribution is -2.51. The van der Waals surface area contributed by atoms with Crippen molar-refractivity contribution >= 4 is 28.2 Å². The monoisotopic (exact) mass is 362 g/mol. The van der Waals surface area contributed by atoms with Crippen LogP contribution in [0, 0.1) is 0 Å². The van der Waals surface area contributed by atoms with Gasteiger partial charge >= 0.3 is 0 Å². The minimum absolute atomic E-state index is 0. The maximum absolute atomic E-state index is 12.1. The Morgan fingerprint density at radius 3 is 2.26 bits per heavy atom. The molecule has 0 heterocycles. The first kappa shape index (κ1) is 21.9. The van der Waals surface area contributed by atoms with Crippen molar-refractivity contribution in [1.29, 1.82) is 0 Å². The number of hydrogen-bond acceptors (Lipinski definition) is 4. The van der Waals surface area contributed by atoms with Crippen molar-refractivity contribution in [3.63, 3.8) is 0 Å². The van der Waals surface area contributed by atoms with E-state index in [1.54, 1.807) is 0 Å². The van der Waals surface area contributed by atoms with E-state index in [1.165, 1.54) is 0 Å². The molecule has 132 valence electrons. The molecule has 0 aliphatic heterocycles. The minimum atomic E-state index is -3.11. The number of rotatable bonds is 7. The van der Waals surface area contributed by atoms with Crippen molar-refractivity contribution in [3.05, 3.63) is 35.9 Å². The molecule has 0 radical (unpaired) electrons. The van der Waals surface area contributed by atoms with Crippen molar-refractivity contribution in [3.8, 4) is 0 Å². The summed E-state index contributed by atoms with van der Waals surface area (Å²) >= 11 is 0. The Bertz CT molecular complexity index is 603. The summed E-state index contributed by atoms with van der Waals surface area (Å²) in [5, 5.41) is 2.90. The van der Waals surface area contributed by atoms with E-state index in [-0.39, 0.29) is 41.9 Å². The molecule has 7 heteroatoms. The number of halogens is 1.